The van der Waals surface area contributed by atoms with Crippen molar-refractivity contribution in [1.82, 2.24) is 0 Å². The fourth-order valence-corrected chi connectivity index (χ4v) is 2.05. The Balaban J connectivity index is 3.37. The van der Waals surface area contributed by atoms with Crippen molar-refractivity contribution in [2.75, 3.05) is 13.7 Å². The van der Waals surface area contributed by atoms with Crippen LogP contribution in [0.1, 0.15) is 17.3 Å². The maximum atomic E-state index is 10.8. The molecular weight excluding hydrogens is 328 g/mol. The summed E-state index contributed by atoms with van der Waals surface area (Å²) in [5, 5.41) is 0. The van der Waals surface area contributed by atoms with Crippen LogP contribution in [0.15, 0.2) is 15.0 Å². The van der Waals surface area contributed by atoms with Crippen LogP contribution in [-0.4, -0.2) is 20.0 Å². The first-order chi connectivity index (χ1) is 7.15. The van der Waals surface area contributed by atoms with Crippen LogP contribution in [-0.2, 0) is 0 Å². The quantitative estimate of drug-likeness (QED) is 0.789. The van der Waals surface area contributed by atoms with E-state index in [9.17, 15) is 4.79 Å². The Kier molecular flexibility index (Phi) is 4.60. The molecule has 0 N–H and O–H groups in total. The number of aldehydes is 1. The van der Waals surface area contributed by atoms with Crippen molar-refractivity contribution in [2.45, 2.75) is 6.92 Å². The third kappa shape index (κ3) is 2.52. The van der Waals surface area contributed by atoms with Gasteiger partial charge >= 0.3 is 0 Å². The Labute approximate surface area is 105 Å². The molecule has 0 atom stereocenters. The second-order valence-electron chi connectivity index (χ2n) is 2.68. The number of benzene rings is 1. The lowest BCUT2D eigenvalue weighted by atomic mass is 10.2. The smallest absolute Gasteiger partial charge is 0.176 e. The third-order valence-electron chi connectivity index (χ3n) is 1.79. The fourth-order valence-electron chi connectivity index (χ4n) is 1.12. The van der Waals surface area contributed by atoms with Gasteiger partial charge in [-0.3, -0.25) is 4.79 Å². The molecule has 5 heteroatoms. The third-order valence-corrected chi connectivity index (χ3v) is 3.93. The molecule has 0 fully saturated rings. The van der Waals surface area contributed by atoms with Crippen molar-refractivity contribution in [2.24, 2.45) is 0 Å². The molecule has 82 valence electrons. The highest BCUT2D eigenvalue weighted by molar-refractivity contribution is 9.13. The van der Waals surface area contributed by atoms with Crippen molar-refractivity contribution in [3.63, 3.8) is 0 Å². The molecule has 0 bridgehead atoms. The van der Waals surface area contributed by atoms with Gasteiger partial charge in [-0.05, 0) is 44.8 Å². The molecule has 0 radical (unpaired) electrons. The molecule has 0 aliphatic carbocycles. The molecule has 0 spiro atoms. The highest BCUT2D eigenvalue weighted by Crippen LogP contribution is 2.42. The second-order valence-corrected chi connectivity index (χ2v) is 4.26. The Morgan fingerprint density at radius 2 is 2.07 bits per heavy atom. The maximum Gasteiger partial charge on any atom is 0.176 e. The van der Waals surface area contributed by atoms with Gasteiger partial charge in [-0.15, -0.1) is 0 Å². The number of methoxy groups -OCH3 is 1. The van der Waals surface area contributed by atoms with Gasteiger partial charge in [0.25, 0.3) is 0 Å². The largest absolute Gasteiger partial charge is 0.493 e. The lowest BCUT2D eigenvalue weighted by Gasteiger charge is -2.13. The maximum absolute atomic E-state index is 10.8. The number of hydrogen-bond acceptors (Lipinski definition) is 3. The van der Waals surface area contributed by atoms with Crippen LogP contribution >= 0.6 is 31.9 Å². The van der Waals surface area contributed by atoms with Gasteiger partial charge in [0.2, 0.25) is 0 Å². The van der Waals surface area contributed by atoms with Crippen molar-refractivity contribution in [3.05, 3.63) is 20.6 Å². The van der Waals surface area contributed by atoms with Crippen LogP contribution < -0.4 is 9.47 Å². The molecule has 0 aromatic heterocycles. The van der Waals surface area contributed by atoms with Gasteiger partial charge in [0.15, 0.2) is 17.8 Å². The van der Waals surface area contributed by atoms with Crippen molar-refractivity contribution in [3.8, 4) is 11.5 Å². The van der Waals surface area contributed by atoms with E-state index in [2.05, 4.69) is 31.9 Å². The number of carbonyl (C=O) groups is 1. The first kappa shape index (κ1) is 12.5. The number of carbonyl (C=O) groups excluding carboxylic acids is 1. The minimum absolute atomic E-state index is 0.516. The van der Waals surface area contributed by atoms with Gasteiger partial charge in [-0.1, -0.05) is 0 Å². The van der Waals surface area contributed by atoms with Crippen LogP contribution in [0.5, 0.6) is 11.5 Å². The number of rotatable bonds is 4. The molecule has 0 amide bonds. The molecule has 0 saturated carbocycles. The summed E-state index contributed by atoms with van der Waals surface area (Å²) < 4.78 is 11.9. The number of ether oxygens (including phenoxy) is 2. The van der Waals surface area contributed by atoms with Crippen molar-refractivity contribution in [1.29, 1.82) is 0 Å². The molecular formula is C10H10Br2O3. The van der Waals surface area contributed by atoms with Gasteiger partial charge in [0, 0.05) is 10.0 Å². The topological polar surface area (TPSA) is 35.5 Å². The SMILES string of the molecule is CCOc1c(OC)cc(C=O)c(Br)c1Br. The first-order valence-electron chi connectivity index (χ1n) is 4.29. The van der Waals surface area contributed by atoms with Gasteiger partial charge in [0.1, 0.15) is 0 Å². The van der Waals surface area contributed by atoms with Crippen molar-refractivity contribution < 1.29 is 14.3 Å². The summed E-state index contributed by atoms with van der Waals surface area (Å²) in [6.45, 7) is 2.41. The van der Waals surface area contributed by atoms with E-state index in [-0.39, 0.29) is 0 Å². The Bertz CT molecular complexity index is 377. The molecule has 1 aromatic carbocycles. The van der Waals surface area contributed by atoms with Gasteiger partial charge < -0.3 is 9.47 Å². The summed E-state index contributed by atoms with van der Waals surface area (Å²) >= 11 is 6.66. The summed E-state index contributed by atoms with van der Waals surface area (Å²) in [7, 11) is 1.53. The molecule has 1 rings (SSSR count). The van der Waals surface area contributed by atoms with E-state index >= 15 is 0 Å². The van der Waals surface area contributed by atoms with Gasteiger partial charge in [0.05, 0.1) is 18.2 Å². The summed E-state index contributed by atoms with van der Waals surface area (Å²) in [6, 6.07) is 1.63. The normalized spacial score (nSPS) is 9.87. The van der Waals surface area contributed by atoms with E-state index in [4.69, 9.17) is 9.47 Å². The Hall–Kier alpha value is -0.550. The van der Waals surface area contributed by atoms with E-state index in [0.29, 0.717) is 32.6 Å². The zero-order valence-electron chi connectivity index (χ0n) is 8.34. The molecule has 0 unspecified atom stereocenters. The minimum atomic E-state index is 0.516. The highest BCUT2D eigenvalue weighted by Gasteiger charge is 2.16. The molecule has 0 aliphatic heterocycles. The zero-order valence-corrected chi connectivity index (χ0v) is 11.5. The number of hydrogen-bond donors (Lipinski definition) is 0. The molecule has 0 saturated heterocycles. The lowest BCUT2D eigenvalue weighted by molar-refractivity contribution is 0.112. The number of halogens is 2. The van der Waals surface area contributed by atoms with Crippen molar-refractivity contribution >= 4 is 38.1 Å². The van der Waals surface area contributed by atoms with E-state index in [1.54, 1.807) is 6.07 Å². The molecule has 3 nitrogen and oxygen atoms in total. The van der Waals surface area contributed by atoms with Gasteiger partial charge in [-0.25, -0.2) is 0 Å². The van der Waals surface area contributed by atoms with Crippen LogP contribution in [0.3, 0.4) is 0 Å². The fraction of sp³-hybridized carbons (Fsp3) is 0.300. The summed E-state index contributed by atoms with van der Waals surface area (Å²) in [4.78, 5) is 10.8. The van der Waals surface area contributed by atoms with E-state index < -0.39 is 0 Å². The highest BCUT2D eigenvalue weighted by atomic mass is 79.9. The summed E-state index contributed by atoms with van der Waals surface area (Å²) in [6.07, 6.45) is 0.757. The first-order valence-corrected chi connectivity index (χ1v) is 5.88. The summed E-state index contributed by atoms with van der Waals surface area (Å²) in [5.74, 6) is 1.13. The lowest BCUT2D eigenvalue weighted by Crippen LogP contribution is -1.98. The molecule has 0 aliphatic rings. The van der Waals surface area contributed by atoms with E-state index in [0.717, 1.165) is 6.29 Å². The van der Waals surface area contributed by atoms with Crippen LogP contribution in [0.2, 0.25) is 0 Å². The Morgan fingerprint density at radius 3 is 2.53 bits per heavy atom. The predicted molar refractivity (Wildman–Crippen MR) is 65.0 cm³/mol. The molecule has 15 heavy (non-hydrogen) atoms. The second kappa shape index (κ2) is 5.51. The average Bonchev–Trinajstić information content (AvgIpc) is 2.25. The zero-order chi connectivity index (χ0) is 11.4. The van der Waals surface area contributed by atoms with E-state index in [1.807, 2.05) is 6.92 Å². The monoisotopic (exact) mass is 336 g/mol. The summed E-state index contributed by atoms with van der Waals surface area (Å²) in [5.41, 5.74) is 0.516. The van der Waals surface area contributed by atoms with Crippen LogP contribution in [0, 0.1) is 0 Å². The van der Waals surface area contributed by atoms with Crippen LogP contribution in [0.25, 0.3) is 0 Å². The molecule has 1 aromatic rings. The predicted octanol–water partition coefficient (Wildman–Crippen LogP) is 3.43. The Morgan fingerprint density at radius 1 is 1.40 bits per heavy atom. The van der Waals surface area contributed by atoms with Gasteiger partial charge in [-0.2, -0.15) is 0 Å². The van der Waals surface area contributed by atoms with E-state index in [1.165, 1.54) is 7.11 Å². The average molecular weight is 338 g/mol. The van der Waals surface area contributed by atoms with Crippen LogP contribution in [0.4, 0.5) is 0 Å². The standard InChI is InChI=1S/C10H10Br2O3/c1-3-15-10-7(14-2)4-6(5-13)8(11)9(10)12/h4-5H,3H2,1-2H3. The minimum Gasteiger partial charge on any atom is -0.493 e. The molecule has 0 heterocycles.